The van der Waals surface area contributed by atoms with Gasteiger partial charge in [0.05, 0.1) is 6.04 Å². The van der Waals surface area contributed by atoms with Crippen molar-refractivity contribution < 1.29 is 9.59 Å². The van der Waals surface area contributed by atoms with Crippen LogP contribution >= 0.6 is 11.8 Å². The number of nitrogens with zero attached hydrogens (tertiary/aromatic N) is 1. The summed E-state index contributed by atoms with van der Waals surface area (Å²) in [6.07, 6.45) is 2.03. The lowest BCUT2D eigenvalue weighted by Crippen LogP contribution is -2.44. The molecule has 6 heteroatoms. The van der Waals surface area contributed by atoms with Crippen LogP contribution in [0.4, 0.5) is 0 Å². The fourth-order valence-electron chi connectivity index (χ4n) is 3.27. The van der Waals surface area contributed by atoms with Crippen molar-refractivity contribution in [2.45, 2.75) is 31.3 Å². The van der Waals surface area contributed by atoms with Gasteiger partial charge in [0.15, 0.2) is 0 Å². The Hall–Kier alpha value is -1.53. The Labute approximate surface area is 147 Å². The molecule has 2 atom stereocenters. The van der Waals surface area contributed by atoms with E-state index in [0.717, 1.165) is 36.6 Å². The highest BCUT2D eigenvalue weighted by atomic mass is 32.2. The Morgan fingerprint density at radius 3 is 2.88 bits per heavy atom. The number of thioether (sulfide) groups is 1. The van der Waals surface area contributed by atoms with Gasteiger partial charge in [-0.1, -0.05) is 30.3 Å². The highest BCUT2D eigenvalue weighted by Gasteiger charge is 2.26. The van der Waals surface area contributed by atoms with E-state index in [4.69, 9.17) is 0 Å². The molecule has 0 spiro atoms. The summed E-state index contributed by atoms with van der Waals surface area (Å²) in [5.74, 6) is 2.33. The third kappa shape index (κ3) is 4.74. The van der Waals surface area contributed by atoms with E-state index in [2.05, 4.69) is 10.6 Å². The first kappa shape index (κ1) is 17.3. The summed E-state index contributed by atoms with van der Waals surface area (Å²) in [4.78, 5) is 26.3. The van der Waals surface area contributed by atoms with Crippen molar-refractivity contribution in [1.29, 1.82) is 0 Å². The van der Waals surface area contributed by atoms with Crippen LogP contribution in [0.3, 0.4) is 0 Å². The lowest BCUT2D eigenvalue weighted by atomic mass is 10.1. The van der Waals surface area contributed by atoms with Crippen LogP contribution in [0.25, 0.3) is 0 Å². The van der Waals surface area contributed by atoms with Crippen LogP contribution in [-0.2, 0) is 9.59 Å². The molecule has 2 saturated heterocycles. The van der Waals surface area contributed by atoms with Crippen molar-refractivity contribution in [3.8, 4) is 0 Å². The number of carbonyl (C=O) groups is 2. The number of nitrogens with one attached hydrogen (secondary N) is 2. The van der Waals surface area contributed by atoms with Crippen molar-refractivity contribution in [3.05, 3.63) is 35.9 Å². The lowest BCUT2D eigenvalue weighted by molar-refractivity contribution is -0.129. The Morgan fingerprint density at radius 2 is 2.21 bits per heavy atom. The van der Waals surface area contributed by atoms with E-state index in [1.807, 2.05) is 47.0 Å². The van der Waals surface area contributed by atoms with Gasteiger partial charge >= 0.3 is 0 Å². The molecule has 0 aliphatic carbocycles. The molecule has 130 valence electrons. The number of rotatable bonds is 6. The monoisotopic (exact) mass is 347 g/mol. The molecule has 0 aromatic heterocycles. The van der Waals surface area contributed by atoms with Crippen molar-refractivity contribution in [2.24, 2.45) is 0 Å². The van der Waals surface area contributed by atoms with Crippen LogP contribution in [0.5, 0.6) is 0 Å². The van der Waals surface area contributed by atoms with E-state index >= 15 is 0 Å². The highest BCUT2D eigenvalue weighted by molar-refractivity contribution is 7.99. The zero-order valence-corrected chi connectivity index (χ0v) is 14.7. The average molecular weight is 347 g/mol. The van der Waals surface area contributed by atoms with E-state index in [9.17, 15) is 9.59 Å². The van der Waals surface area contributed by atoms with E-state index in [1.165, 1.54) is 0 Å². The van der Waals surface area contributed by atoms with Crippen LogP contribution in [0.15, 0.2) is 30.3 Å². The molecule has 0 radical (unpaired) electrons. The normalized spacial score (nSPS) is 22.4. The quantitative estimate of drug-likeness (QED) is 0.820. The molecule has 0 saturated carbocycles. The molecule has 2 amide bonds. The summed E-state index contributed by atoms with van der Waals surface area (Å²) >= 11 is 1.89. The summed E-state index contributed by atoms with van der Waals surface area (Å²) < 4.78 is 0. The minimum Gasteiger partial charge on any atom is -0.347 e. The number of hydrogen-bond donors (Lipinski definition) is 2. The van der Waals surface area contributed by atoms with Gasteiger partial charge in [0.25, 0.3) is 0 Å². The maximum Gasteiger partial charge on any atom is 0.222 e. The standard InChI is InChI=1S/C18H25N3O2S/c22-17(11-15-13-24-10-8-19-15)20-16(14-5-2-1-3-6-14)12-21-9-4-7-18(21)23/h1-3,5-6,15-16,19H,4,7-13H2,(H,20,22). The summed E-state index contributed by atoms with van der Waals surface area (Å²) in [6.45, 7) is 2.31. The first-order valence-electron chi connectivity index (χ1n) is 8.65. The molecule has 2 N–H and O–H groups in total. The fourth-order valence-corrected chi connectivity index (χ4v) is 4.21. The van der Waals surface area contributed by atoms with Gasteiger partial charge in [-0.3, -0.25) is 9.59 Å². The molecule has 0 bridgehead atoms. The smallest absolute Gasteiger partial charge is 0.222 e. The van der Waals surface area contributed by atoms with Crippen LogP contribution in [0, 0.1) is 0 Å². The zero-order chi connectivity index (χ0) is 16.8. The Kier molecular flexibility index (Phi) is 6.15. The molecule has 2 aliphatic heterocycles. The van der Waals surface area contributed by atoms with Crippen molar-refractivity contribution in [2.75, 3.05) is 31.1 Å². The molecule has 2 heterocycles. The first-order chi connectivity index (χ1) is 11.7. The van der Waals surface area contributed by atoms with E-state index in [0.29, 0.717) is 19.4 Å². The minimum atomic E-state index is -0.142. The number of carbonyl (C=O) groups excluding carboxylic acids is 2. The number of hydrogen-bond acceptors (Lipinski definition) is 4. The minimum absolute atomic E-state index is 0.0514. The van der Waals surface area contributed by atoms with Crippen LogP contribution in [0.1, 0.15) is 30.9 Å². The maximum atomic E-state index is 12.5. The maximum absolute atomic E-state index is 12.5. The first-order valence-corrected chi connectivity index (χ1v) is 9.81. The molecule has 1 aromatic rings. The van der Waals surface area contributed by atoms with Gasteiger partial charge in [0.2, 0.25) is 11.8 Å². The molecule has 5 nitrogen and oxygen atoms in total. The van der Waals surface area contributed by atoms with Gasteiger partial charge in [0.1, 0.15) is 0 Å². The summed E-state index contributed by atoms with van der Waals surface area (Å²) in [5, 5.41) is 6.54. The van der Waals surface area contributed by atoms with Gasteiger partial charge in [-0.15, -0.1) is 0 Å². The number of benzene rings is 1. The fraction of sp³-hybridized carbons (Fsp3) is 0.556. The lowest BCUT2D eigenvalue weighted by Gasteiger charge is -2.27. The molecule has 24 heavy (non-hydrogen) atoms. The van der Waals surface area contributed by atoms with Gasteiger partial charge in [0, 0.05) is 50.0 Å². The summed E-state index contributed by atoms with van der Waals surface area (Å²) in [7, 11) is 0. The Balaban J connectivity index is 1.62. The van der Waals surface area contributed by atoms with E-state index in [1.54, 1.807) is 0 Å². The van der Waals surface area contributed by atoms with Crippen LogP contribution in [0.2, 0.25) is 0 Å². The molecule has 2 unspecified atom stereocenters. The van der Waals surface area contributed by atoms with E-state index in [-0.39, 0.29) is 23.9 Å². The third-order valence-electron chi connectivity index (χ3n) is 4.54. The SMILES string of the molecule is O=C(CC1CSCCN1)NC(CN1CCCC1=O)c1ccccc1. The van der Waals surface area contributed by atoms with Gasteiger partial charge in [-0.2, -0.15) is 11.8 Å². The van der Waals surface area contributed by atoms with Crippen molar-refractivity contribution in [1.82, 2.24) is 15.5 Å². The summed E-state index contributed by atoms with van der Waals surface area (Å²) in [5.41, 5.74) is 1.05. The third-order valence-corrected chi connectivity index (χ3v) is 5.67. The van der Waals surface area contributed by atoms with E-state index < -0.39 is 0 Å². The Bertz CT molecular complexity index is 561. The predicted molar refractivity (Wildman–Crippen MR) is 96.9 cm³/mol. The van der Waals surface area contributed by atoms with Crippen LogP contribution in [-0.4, -0.2) is 53.9 Å². The number of amides is 2. The Morgan fingerprint density at radius 1 is 1.38 bits per heavy atom. The molecule has 3 rings (SSSR count). The zero-order valence-electron chi connectivity index (χ0n) is 13.9. The topological polar surface area (TPSA) is 61.4 Å². The molecule has 2 aliphatic rings. The molecule has 1 aromatic carbocycles. The van der Waals surface area contributed by atoms with Crippen molar-refractivity contribution >= 4 is 23.6 Å². The highest BCUT2D eigenvalue weighted by Crippen LogP contribution is 2.19. The van der Waals surface area contributed by atoms with Gasteiger partial charge in [-0.05, 0) is 12.0 Å². The summed E-state index contributed by atoms with van der Waals surface area (Å²) in [6, 6.07) is 10.0. The largest absolute Gasteiger partial charge is 0.347 e. The molecule has 2 fully saturated rings. The van der Waals surface area contributed by atoms with Crippen LogP contribution < -0.4 is 10.6 Å². The molecular weight excluding hydrogens is 322 g/mol. The predicted octanol–water partition coefficient (Wildman–Crippen LogP) is 1.56. The average Bonchev–Trinajstić information content (AvgIpc) is 3.01. The van der Waals surface area contributed by atoms with Gasteiger partial charge in [-0.25, -0.2) is 0 Å². The molecular formula is C18H25N3O2S. The second kappa shape index (κ2) is 8.53. The second-order valence-electron chi connectivity index (χ2n) is 6.40. The second-order valence-corrected chi connectivity index (χ2v) is 7.55. The van der Waals surface area contributed by atoms with Gasteiger partial charge < -0.3 is 15.5 Å². The number of likely N-dealkylation sites (tertiary alicyclic amines) is 1. The van der Waals surface area contributed by atoms with Crippen molar-refractivity contribution in [3.63, 3.8) is 0 Å².